The van der Waals surface area contributed by atoms with Crippen LogP contribution in [-0.2, 0) is 13.1 Å². The summed E-state index contributed by atoms with van der Waals surface area (Å²) in [7, 11) is 0. The molecule has 2 rings (SSSR count). The fourth-order valence-corrected chi connectivity index (χ4v) is 1.88. The Morgan fingerprint density at radius 3 is 1.39 bits per heavy atom. The van der Waals surface area contributed by atoms with Crippen LogP contribution in [-0.4, -0.2) is 22.8 Å². The Morgan fingerprint density at radius 2 is 1.09 bits per heavy atom. The maximum atomic E-state index is 8.45. The van der Waals surface area contributed by atoms with Crippen LogP contribution in [0, 0.1) is 0 Å². The van der Waals surface area contributed by atoms with Crippen molar-refractivity contribution in [3.63, 3.8) is 0 Å². The van der Waals surface area contributed by atoms with Crippen molar-refractivity contribution in [2.45, 2.75) is 13.1 Å². The van der Waals surface area contributed by atoms with Crippen LogP contribution in [0.3, 0.4) is 0 Å². The molecule has 23 heavy (non-hydrogen) atoms. The van der Waals surface area contributed by atoms with Gasteiger partial charge in [-0.15, -0.1) is 0 Å². The third-order valence-electron chi connectivity index (χ3n) is 3.05. The summed E-state index contributed by atoms with van der Waals surface area (Å²) in [5, 5.41) is 22.9. The lowest BCUT2D eigenvalue weighted by atomic mass is 10.3. The average Bonchev–Trinajstić information content (AvgIpc) is 2.55. The van der Waals surface area contributed by atoms with Crippen LogP contribution < -0.4 is 26.1 Å². The van der Waals surface area contributed by atoms with Crippen molar-refractivity contribution in [3.8, 4) is 0 Å². The molecule has 0 aliphatic rings. The molecule has 2 aromatic rings. The van der Waals surface area contributed by atoms with E-state index in [1.807, 2.05) is 58.2 Å². The van der Waals surface area contributed by atoms with Crippen molar-refractivity contribution in [3.05, 3.63) is 72.3 Å². The van der Waals surface area contributed by atoms with Gasteiger partial charge < -0.3 is 27.4 Å². The normalized spacial score (nSPS) is 11.3. The first-order valence-corrected chi connectivity index (χ1v) is 6.80. The fourth-order valence-electron chi connectivity index (χ4n) is 1.88. The second-order valence-electron chi connectivity index (χ2n) is 4.62. The van der Waals surface area contributed by atoms with Gasteiger partial charge in [0.1, 0.15) is 0 Å². The summed E-state index contributed by atoms with van der Waals surface area (Å²) >= 11 is 0. The third-order valence-corrected chi connectivity index (χ3v) is 3.05. The van der Waals surface area contributed by atoms with Gasteiger partial charge in [-0.05, 0) is 12.2 Å². The van der Waals surface area contributed by atoms with E-state index in [1.165, 1.54) is 12.4 Å². The number of aromatic nitrogens is 2. The lowest BCUT2D eigenvalue weighted by Crippen LogP contribution is -3.00. The summed E-state index contributed by atoms with van der Waals surface area (Å²) in [6.45, 7) is 1.54. The number of allylic oxidation sites excluding steroid dienone is 2. The van der Waals surface area contributed by atoms with Gasteiger partial charge in [-0.1, -0.05) is 10.3 Å². The highest BCUT2D eigenvalue weighted by molar-refractivity contribution is 5.78. The van der Waals surface area contributed by atoms with E-state index in [1.54, 1.807) is 0 Å². The van der Waals surface area contributed by atoms with E-state index in [2.05, 4.69) is 22.5 Å². The first kappa shape index (κ1) is 18.5. The second kappa shape index (κ2) is 10.2. The number of nitrogens with zero attached hydrogens (tertiary/aromatic N) is 4. The average molecular weight is 378 g/mol. The topological polar surface area (TPSA) is 72.9 Å². The third kappa shape index (κ3) is 6.39. The Balaban J connectivity index is 0.00000264. The molecule has 0 radical (unpaired) electrons. The summed E-state index contributed by atoms with van der Waals surface area (Å²) in [5.74, 6) is 0. The number of rotatable bonds is 6. The minimum Gasteiger partial charge on any atom is -1.00 e. The molecule has 0 spiro atoms. The summed E-state index contributed by atoms with van der Waals surface area (Å²) in [6, 6.07) is 7.51. The van der Waals surface area contributed by atoms with Crippen LogP contribution >= 0.6 is 0 Å². The van der Waals surface area contributed by atoms with E-state index in [-0.39, 0.29) is 17.0 Å². The largest absolute Gasteiger partial charge is 1.00 e. The molecular formula is C16H18BrN4O2+. The first-order chi connectivity index (χ1) is 10.8. The second-order valence-corrected chi connectivity index (χ2v) is 4.62. The molecule has 2 N–H and O–H groups in total. The van der Waals surface area contributed by atoms with Gasteiger partial charge in [0.2, 0.25) is 0 Å². The van der Waals surface area contributed by atoms with Crippen LogP contribution in [0.5, 0.6) is 0 Å². The Hall–Kier alpha value is -2.54. The van der Waals surface area contributed by atoms with Crippen molar-refractivity contribution in [2.24, 2.45) is 10.3 Å². The highest BCUT2D eigenvalue weighted by Crippen LogP contribution is 1.91. The van der Waals surface area contributed by atoms with Gasteiger partial charge in [0, 0.05) is 35.4 Å². The summed E-state index contributed by atoms with van der Waals surface area (Å²) < 4.78 is 4.05. The number of hydrogen-bond acceptors (Lipinski definition) is 4. The maximum absolute atomic E-state index is 8.45. The molecule has 0 saturated heterocycles. The molecule has 0 saturated carbocycles. The molecule has 2 aromatic heterocycles. The molecule has 6 nitrogen and oxygen atoms in total. The summed E-state index contributed by atoms with van der Waals surface area (Å²) in [6.07, 6.45) is 14.7. The van der Waals surface area contributed by atoms with Gasteiger partial charge in [0.15, 0.2) is 37.9 Å². The molecule has 120 valence electrons. The summed E-state index contributed by atoms with van der Waals surface area (Å²) in [4.78, 5) is 0. The van der Waals surface area contributed by atoms with Gasteiger partial charge in [-0.3, -0.25) is 0 Å². The lowest BCUT2D eigenvalue weighted by Gasteiger charge is -1.94. The standard InChI is InChI=1S/C16H16N4O2.BrH/c21-17-13-15-3-9-19(10-4-15)7-1-2-8-20-11-5-16(6-12-20)14-18-22;/h1-6,9-14H,7-8H2;1H/p+1/b2-1-;. The van der Waals surface area contributed by atoms with Gasteiger partial charge in [0.05, 0.1) is 12.4 Å². The molecule has 0 amide bonds. The first-order valence-electron chi connectivity index (χ1n) is 6.80. The van der Waals surface area contributed by atoms with Crippen LogP contribution in [0.4, 0.5) is 0 Å². The van der Waals surface area contributed by atoms with E-state index in [0.29, 0.717) is 0 Å². The Labute approximate surface area is 145 Å². The predicted molar refractivity (Wildman–Crippen MR) is 81.2 cm³/mol. The predicted octanol–water partition coefficient (Wildman–Crippen LogP) is -1.86. The molecule has 0 aliphatic carbocycles. The van der Waals surface area contributed by atoms with E-state index in [0.717, 1.165) is 24.2 Å². The number of oxime groups is 2. The molecule has 0 bridgehead atoms. The quantitative estimate of drug-likeness (QED) is 0.204. The van der Waals surface area contributed by atoms with E-state index in [9.17, 15) is 0 Å². The van der Waals surface area contributed by atoms with Crippen LogP contribution in [0.15, 0.2) is 71.5 Å². The lowest BCUT2D eigenvalue weighted by molar-refractivity contribution is -0.691. The number of hydrogen-bond donors (Lipinski definition) is 2. The minimum atomic E-state index is 0. The van der Waals surface area contributed by atoms with E-state index >= 15 is 0 Å². The Morgan fingerprint density at radius 1 is 0.739 bits per heavy atom. The van der Waals surface area contributed by atoms with Crippen molar-refractivity contribution < 1.29 is 36.5 Å². The summed E-state index contributed by atoms with van der Waals surface area (Å²) in [5.41, 5.74) is 1.70. The zero-order valence-electron chi connectivity index (χ0n) is 12.4. The molecule has 0 aromatic carbocycles. The van der Waals surface area contributed by atoms with Gasteiger partial charge in [-0.2, -0.15) is 0 Å². The number of pyridine rings is 2. The number of halogens is 1. The van der Waals surface area contributed by atoms with Crippen LogP contribution in [0.25, 0.3) is 0 Å². The maximum Gasteiger partial charge on any atom is 0.169 e. The molecule has 7 heteroatoms. The molecular weight excluding hydrogens is 360 g/mol. The highest BCUT2D eigenvalue weighted by Gasteiger charge is 1.99. The van der Waals surface area contributed by atoms with Crippen molar-refractivity contribution in [1.29, 1.82) is 0 Å². The SMILES string of the molecule is O/N=C/c1cc[n+](C/C=C\C[n+]2ccc(/C=N/O)cc2)cc1.[Br-]. The zero-order chi connectivity index (χ0) is 15.6. The molecule has 0 unspecified atom stereocenters. The highest BCUT2D eigenvalue weighted by atomic mass is 79.9. The molecule has 0 aliphatic heterocycles. The smallest absolute Gasteiger partial charge is 0.169 e. The molecule has 0 atom stereocenters. The van der Waals surface area contributed by atoms with E-state index < -0.39 is 0 Å². The minimum absolute atomic E-state index is 0. The fraction of sp³-hybridized carbons (Fsp3) is 0.125. The van der Waals surface area contributed by atoms with E-state index in [4.69, 9.17) is 10.4 Å². The zero-order valence-corrected chi connectivity index (χ0v) is 14.0. The van der Waals surface area contributed by atoms with Crippen LogP contribution in [0.2, 0.25) is 0 Å². The van der Waals surface area contributed by atoms with Gasteiger partial charge in [0.25, 0.3) is 0 Å². The monoisotopic (exact) mass is 377 g/mol. The van der Waals surface area contributed by atoms with Crippen LogP contribution in [0.1, 0.15) is 11.1 Å². The van der Waals surface area contributed by atoms with Crippen molar-refractivity contribution in [2.75, 3.05) is 0 Å². The molecule has 2 heterocycles. The molecule has 0 fully saturated rings. The van der Waals surface area contributed by atoms with Gasteiger partial charge >= 0.3 is 0 Å². The van der Waals surface area contributed by atoms with Gasteiger partial charge in [-0.25, -0.2) is 9.13 Å². The van der Waals surface area contributed by atoms with Crippen molar-refractivity contribution in [1.82, 2.24) is 0 Å². The van der Waals surface area contributed by atoms with Crippen molar-refractivity contribution >= 4 is 12.4 Å². The Bertz CT molecular complexity index is 608. The Kier molecular flexibility index (Phi) is 8.23.